The van der Waals surface area contributed by atoms with Crippen LogP contribution in [0.1, 0.15) is 72.1 Å². The van der Waals surface area contributed by atoms with Gasteiger partial charge < -0.3 is 5.11 Å². The van der Waals surface area contributed by atoms with Gasteiger partial charge in [-0.3, -0.25) is 9.59 Å². The average Bonchev–Trinajstić information content (AvgIpc) is 2.88. The number of hydrogen-bond donors (Lipinski definition) is 1. The first-order valence-corrected chi connectivity index (χ1v) is 9.98. The van der Waals surface area contributed by atoms with E-state index < -0.39 is 0 Å². The molecule has 4 saturated carbocycles. The minimum atomic E-state index is -0.367. The second-order valence-electron chi connectivity index (χ2n) is 9.76. The summed E-state index contributed by atoms with van der Waals surface area (Å²) in [7, 11) is 0. The zero-order chi connectivity index (χ0) is 17.3. The average molecular weight is 332 g/mol. The summed E-state index contributed by atoms with van der Waals surface area (Å²) in [5, 5.41) is 11.1. The molecule has 0 radical (unpaired) electrons. The number of rotatable bonds is 1. The predicted octanol–water partition coefficient (Wildman–Crippen LogP) is 3.77. The van der Waals surface area contributed by atoms with Crippen molar-refractivity contribution in [3.05, 3.63) is 0 Å². The van der Waals surface area contributed by atoms with Crippen molar-refractivity contribution in [3.8, 4) is 0 Å². The van der Waals surface area contributed by atoms with Crippen molar-refractivity contribution in [1.82, 2.24) is 0 Å². The Morgan fingerprint density at radius 2 is 1.88 bits per heavy atom. The number of Topliss-reactive ketones (excluding diaryl/α,β-unsaturated/α-hetero) is 2. The van der Waals surface area contributed by atoms with E-state index in [0.717, 1.165) is 44.9 Å². The van der Waals surface area contributed by atoms with Crippen molar-refractivity contribution >= 4 is 11.6 Å². The predicted molar refractivity (Wildman–Crippen MR) is 92.3 cm³/mol. The Labute approximate surface area is 145 Å². The quantitative estimate of drug-likeness (QED) is 0.795. The summed E-state index contributed by atoms with van der Waals surface area (Å²) in [5.41, 5.74) is -0.00582. The molecule has 0 aliphatic heterocycles. The van der Waals surface area contributed by atoms with Gasteiger partial charge in [0.15, 0.2) is 0 Å². The Kier molecular flexibility index (Phi) is 3.77. The maximum atomic E-state index is 12.2. The number of carbonyl (C=O) groups is 2. The first-order chi connectivity index (χ1) is 11.3. The number of aliphatic hydroxyl groups is 1. The summed E-state index contributed by atoms with van der Waals surface area (Å²) < 4.78 is 0. The highest BCUT2D eigenvalue weighted by molar-refractivity contribution is 5.80. The van der Waals surface area contributed by atoms with E-state index in [0.29, 0.717) is 29.5 Å². The fourth-order valence-corrected chi connectivity index (χ4v) is 7.67. The fourth-order valence-electron chi connectivity index (χ4n) is 7.67. The molecule has 0 aromatic carbocycles. The van der Waals surface area contributed by atoms with Gasteiger partial charge in [-0.25, -0.2) is 0 Å². The highest BCUT2D eigenvalue weighted by Crippen LogP contribution is 2.67. The van der Waals surface area contributed by atoms with Gasteiger partial charge in [0.25, 0.3) is 0 Å². The van der Waals surface area contributed by atoms with Gasteiger partial charge in [-0.2, -0.15) is 0 Å². The monoisotopic (exact) mass is 332 g/mol. The Morgan fingerprint density at radius 3 is 2.58 bits per heavy atom. The third-order valence-electron chi connectivity index (χ3n) is 9.08. The van der Waals surface area contributed by atoms with E-state index in [1.54, 1.807) is 6.92 Å². The smallest absolute Gasteiger partial charge is 0.133 e. The number of fused-ring (bicyclic) bond motifs is 5. The van der Waals surface area contributed by atoms with E-state index in [9.17, 15) is 14.7 Å². The number of hydrogen-bond acceptors (Lipinski definition) is 3. The van der Waals surface area contributed by atoms with Crippen LogP contribution in [0.15, 0.2) is 0 Å². The molecule has 3 nitrogen and oxygen atoms in total. The maximum Gasteiger partial charge on any atom is 0.133 e. The molecule has 0 amide bonds. The normalized spacial score (nSPS) is 53.9. The van der Waals surface area contributed by atoms with Crippen LogP contribution >= 0.6 is 0 Å². The van der Waals surface area contributed by atoms with Crippen molar-refractivity contribution in [2.45, 2.75) is 78.2 Å². The van der Waals surface area contributed by atoms with Crippen LogP contribution in [0.3, 0.4) is 0 Å². The standard InChI is InChI=1S/C21H32O3/c1-12(22)16-6-7-17-15-5-4-13-10-14(23)8-9-20(13,2)18(15)11-19(24)21(16,17)3/h13,15-19,24H,4-11H2,1-3H3/t13-,15+,16-,17+,18+,19+,20-,21-/m0/s1. The Balaban J connectivity index is 1.67. The molecule has 4 fully saturated rings. The highest BCUT2D eigenvalue weighted by atomic mass is 16.3. The molecule has 24 heavy (non-hydrogen) atoms. The van der Waals surface area contributed by atoms with E-state index >= 15 is 0 Å². The number of aliphatic hydroxyl groups excluding tert-OH is 1. The molecule has 0 unspecified atom stereocenters. The van der Waals surface area contributed by atoms with E-state index in [1.165, 1.54) is 6.42 Å². The molecule has 0 heterocycles. The van der Waals surface area contributed by atoms with Gasteiger partial charge in [-0.1, -0.05) is 13.8 Å². The Morgan fingerprint density at radius 1 is 1.12 bits per heavy atom. The maximum absolute atomic E-state index is 12.2. The second-order valence-corrected chi connectivity index (χ2v) is 9.76. The summed E-state index contributed by atoms with van der Waals surface area (Å²) in [5.74, 6) is 2.91. The molecule has 1 N–H and O–H groups in total. The van der Waals surface area contributed by atoms with Gasteiger partial charge in [0, 0.05) is 24.2 Å². The van der Waals surface area contributed by atoms with Crippen molar-refractivity contribution in [2.24, 2.45) is 40.4 Å². The Bertz CT molecular complexity index is 569. The molecule has 3 heteroatoms. The topological polar surface area (TPSA) is 54.4 Å². The molecule has 8 atom stereocenters. The van der Waals surface area contributed by atoms with Gasteiger partial charge in [0.1, 0.15) is 11.6 Å². The van der Waals surface area contributed by atoms with Crippen LogP contribution in [0, 0.1) is 40.4 Å². The third kappa shape index (κ3) is 2.06. The molecule has 0 spiro atoms. The molecule has 4 aliphatic rings. The molecule has 0 bridgehead atoms. The van der Waals surface area contributed by atoms with Crippen LogP contribution in [0.5, 0.6) is 0 Å². The molecule has 4 rings (SSSR count). The van der Waals surface area contributed by atoms with E-state index in [4.69, 9.17) is 0 Å². The molecular formula is C21H32O3. The van der Waals surface area contributed by atoms with E-state index in [1.807, 2.05) is 0 Å². The summed E-state index contributed by atoms with van der Waals surface area (Å²) in [6.45, 7) is 6.30. The molecule has 0 saturated heterocycles. The van der Waals surface area contributed by atoms with Gasteiger partial charge in [-0.05, 0) is 74.5 Å². The number of ketones is 2. The first kappa shape index (κ1) is 16.8. The van der Waals surface area contributed by atoms with Crippen LogP contribution in [0.2, 0.25) is 0 Å². The van der Waals surface area contributed by atoms with Gasteiger partial charge in [0.05, 0.1) is 6.10 Å². The Hall–Kier alpha value is -0.700. The van der Waals surface area contributed by atoms with Gasteiger partial charge in [0.2, 0.25) is 0 Å². The van der Waals surface area contributed by atoms with Crippen molar-refractivity contribution in [3.63, 3.8) is 0 Å². The van der Waals surface area contributed by atoms with Crippen molar-refractivity contribution < 1.29 is 14.7 Å². The minimum absolute atomic E-state index is 0.0388. The lowest BCUT2D eigenvalue weighted by molar-refractivity contribution is -0.170. The summed E-state index contributed by atoms with van der Waals surface area (Å²) in [6.07, 6.45) is 7.36. The largest absolute Gasteiger partial charge is 0.393 e. The van der Waals surface area contributed by atoms with Crippen LogP contribution in [-0.2, 0) is 9.59 Å². The zero-order valence-electron chi connectivity index (χ0n) is 15.4. The van der Waals surface area contributed by atoms with Crippen LogP contribution < -0.4 is 0 Å². The first-order valence-electron chi connectivity index (χ1n) is 9.98. The number of carbonyl (C=O) groups excluding carboxylic acids is 2. The van der Waals surface area contributed by atoms with E-state index in [2.05, 4.69) is 13.8 Å². The SMILES string of the molecule is CC(=O)[C@@H]1CC[C@@H]2[C@H]3CC[C@H]4CC(=O)CC[C@]4(C)[C@@H]3C[C@@H](O)[C@]21C. The summed E-state index contributed by atoms with van der Waals surface area (Å²) >= 11 is 0. The molecular weight excluding hydrogens is 300 g/mol. The molecule has 0 aromatic heterocycles. The zero-order valence-corrected chi connectivity index (χ0v) is 15.4. The van der Waals surface area contributed by atoms with Gasteiger partial charge in [-0.15, -0.1) is 0 Å². The molecule has 4 aliphatic carbocycles. The lowest BCUT2D eigenvalue weighted by atomic mass is 9.44. The molecule has 0 aromatic rings. The van der Waals surface area contributed by atoms with Gasteiger partial charge >= 0.3 is 0 Å². The second kappa shape index (κ2) is 5.40. The summed E-state index contributed by atoms with van der Waals surface area (Å²) in [6, 6.07) is 0. The fraction of sp³-hybridized carbons (Fsp3) is 0.905. The molecule has 134 valence electrons. The highest BCUT2D eigenvalue weighted by Gasteiger charge is 2.63. The lowest BCUT2D eigenvalue weighted by Crippen LogP contribution is -2.58. The van der Waals surface area contributed by atoms with Crippen molar-refractivity contribution in [1.29, 1.82) is 0 Å². The van der Waals surface area contributed by atoms with Crippen LogP contribution in [-0.4, -0.2) is 22.8 Å². The lowest BCUT2D eigenvalue weighted by Gasteiger charge is -2.61. The van der Waals surface area contributed by atoms with E-state index in [-0.39, 0.29) is 28.6 Å². The van der Waals surface area contributed by atoms with Crippen LogP contribution in [0.25, 0.3) is 0 Å². The summed E-state index contributed by atoms with van der Waals surface area (Å²) in [4.78, 5) is 24.1. The minimum Gasteiger partial charge on any atom is -0.393 e. The van der Waals surface area contributed by atoms with Crippen LogP contribution in [0.4, 0.5) is 0 Å². The van der Waals surface area contributed by atoms with Crippen molar-refractivity contribution in [2.75, 3.05) is 0 Å². The third-order valence-corrected chi connectivity index (χ3v) is 9.08.